The Bertz CT molecular complexity index is 1160. The van der Waals surface area contributed by atoms with Gasteiger partial charge < -0.3 is 10.4 Å². The molecule has 180 valence electrons. The Labute approximate surface area is 210 Å². The summed E-state index contributed by atoms with van der Waals surface area (Å²) in [6.45, 7) is 0. The summed E-state index contributed by atoms with van der Waals surface area (Å²) in [5.74, 6) is -2.17. The van der Waals surface area contributed by atoms with Crippen LogP contribution in [-0.2, 0) is 15.0 Å². The average molecular weight is 523 g/mol. The maximum absolute atomic E-state index is 15.5. The van der Waals surface area contributed by atoms with E-state index in [9.17, 15) is 14.7 Å². The van der Waals surface area contributed by atoms with E-state index in [0.29, 0.717) is 35.5 Å². The fourth-order valence-corrected chi connectivity index (χ4v) is 7.15. The van der Waals surface area contributed by atoms with Crippen molar-refractivity contribution in [3.63, 3.8) is 0 Å². The van der Waals surface area contributed by atoms with Crippen molar-refractivity contribution < 1.29 is 19.1 Å². The predicted octanol–water partition coefficient (Wildman–Crippen LogP) is 4.79. The third kappa shape index (κ3) is 3.79. The summed E-state index contributed by atoms with van der Waals surface area (Å²) in [7, 11) is 2.65. The molecule has 5 nitrogen and oxygen atoms in total. The number of anilines is 1. The van der Waals surface area contributed by atoms with Crippen LogP contribution in [-0.4, -0.2) is 34.7 Å². The van der Waals surface area contributed by atoms with Crippen LogP contribution >= 0.6 is 32.4 Å². The van der Waals surface area contributed by atoms with Gasteiger partial charge in [0.2, 0.25) is 5.91 Å². The highest BCUT2D eigenvalue weighted by Crippen LogP contribution is 2.57. The molecule has 3 aliphatic rings. The van der Waals surface area contributed by atoms with Crippen LogP contribution in [0.15, 0.2) is 36.4 Å². The lowest BCUT2D eigenvalue weighted by molar-refractivity contribution is -0.123. The zero-order valence-corrected chi connectivity index (χ0v) is 21.0. The highest BCUT2D eigenvalue weighted by atomic mass is 35.5. The maximum atomic E-state index is 15.5. The minimum absolute atomic E-state index is 0.0537. The van der Waals surface area contributed by atoms with Crippen molar-refractivity contribution in [3.8, 4) is 0 Å². The molecule has 0 bridgehead atoms. The zero-order valence-electron chi connectivity index (χ0n) is 18.4. The van der Waals surface area contributed by atoms with Crippen molar-refractivity contribution in [1.82, 2.24) is 5.32 Å². The van der Waals surface area contributed by atoms with Crippen molar-refractivity contribution >= 4 is 49.8 Å². The number of Topliss-reactive ketones (excluding diaryl/α,β-unsaturated/α-hetero) is 1. The van der Waals surface area contributed by atoms with Crippen LogP contribution in [0.5, 0.6) is 0 Å². The average Bonchev–Trinajstić information content (AvgIpc) is 3.26. The highest BCUT2D eigenvalue weighted by Gasteiger charge is 2.64. The van der Waals surface area contributed by atoms with Crippen molar-refractivity contribution in [2.75, 3.05) is 5.32 Å². The Kier molecular flexibility index (Phi) is 6.50. The molecule has 2 aromatic carbocycles. The second kappa shape index (κ2) is 9.15. The van der Waals surface area contributed by atoms with Crippen molar-refractivity contribution in [1.29, 1.82) is 0 Å². The molecule has 2 aromatic rings. The molecule has 2 fully saturated rings. The number of aliphatic hydroxyl groups is 1. The molecule has 2 heterocycles. The Morgan fingerprint density at radius 1 is 1.18 bits per heavy atom. The third-order valence-electron chi connectivity index (χ3n) is 7.69. The van der Waals surface area contributed by atoms with E-state index in [-0.39, 0.29) is 34.3 Å². The molecule has 1 unspecified atom stereocenters. The van der Waals surface area contributed by atoms with E-state index >= 15 is 4.39 Å². The number of hydrogen-bond acceptors (Lipinski definition) is 4. The SMILES string of the molecule is O=C(CC1CCC(O)CC1)[C@@H]1N[C@@H](P)[C@@]2(C(=O)Nc3cc(Cl)ccc32)[C@H]1c1cccc(Cl)c1F. The Balaban J connectivity index is 1.61. The first-order valence-electron chi connectivity index (χ1n) is 11.5. The van der Waals surface area contributed by atoms with Crippen molar-refractivity contribution in [2.24, 2.45) is 5.92 Å². The van der Waals surface area contributed by atoms with Crippen LogP contribution < -0.4 is 10.6 Å². The topological polar surface area (TPSA) is 78.4 Å². The van der Waals surface area contributed by atoms with E-state index in [2.05, 4.69) is 19.9 Å². The third-order valence-corrected chi connectivity index (χ3v) is 8.94. The zero-order chi connectivity index (χ0) is 24.2. The van der Waals surface area contributed by atoms with Crippen LogP contribution in [0, 0.1) is 11.7 Å². The number of benzene rings is 2. The van der Waals surface area contributed by atoms with Gasteiger partial charge in [-0.05, 0) is 60.9 Å². The number of nitrogens with one attached hydrogen (secondary N) is 2. The minimum atomic E-state index is -1.24. The van der Waals surface area contributed by atoms with E-state index in [1.807, 2.05) is 0 Å². The number of carbonyl (C=O) groups excluding carboxylic acids is 2. The number of ketones is 1. The Morgan fingerprint density at radius 3 is 2.65 bits per heavy atom. The van der Waals surface area contributed by atoms with Crippen LogP contribution in [0.4, 0.5) is 10.1 Å². The second-order valence-corrected chi connectivity index (χ2v) is 11.1. The molecule has 1 spiro atoms. The molecule has 0 aromatic heterocycles. The van der Waals surface area contributed by atoms with E-state index < -0.39 is 29.0 Å². The van der Waals surface area contributed by atoms with Gasteiger partial charge in [-0.15, -0.1) is 9.24 Å². The number of amides is 1. The molecule has 5 atom stereocenters. The molecule has 0 radical (unpaired) electrons. The number of halogens is 3. The van der Waals surface area contributed by atoms with Crippen LogP contribution in [0.1, 0.15) is 49.1 Å². The smallest absolute Gasteiger partial charge is 0.237 e. The fourth-order valence-electron chi connectivity index (χ4n) is 6.05. The summed E-state index contributed by atoms with van der Waals surface area (Å²) in [6.07, 6.45) is 2.89. The lowest BCUT2D eigenvalue weighted by atomic mass is 9.66. The Hall–Kier alpha value is -1.56. The van der Waals surface area contributed by atoms with E-state index in [4.69, 9.17) is 23.2 Å². The molecule has 34 heavy (non-hydrogen) atoms. The molecule has 1 aliphatic carbocycles. The number of aliphatic hydroxyl groups excluding tert-OH is 1. The molecular formula is C25H26Cl2FN2O3P. The van der Waals surface area contributed by atoms with E-state index in [1.165, 1.54) is 6.07 Å². The summed E-state index contributed by atoms with van der Waals surface area (Å²) in [4.78, 5) is 27.3. The second-order valence-electron chi connectivity index (χ2n) is 9.60. The monoisotopic (exact) mass is 522 g/mol. The number of fused-ring (bicyclic) bond motifs is 2. The number of hydrogen-bond donors (Lipinski definition) is 3. The van der Waals surface area contributed by atoms with Gasteiger partial charge in [-0.3, -0.25) is 14.9 Å². The highest BCUT2D eigenvalue weighted by molar-refractivity contribution is 7.17. The lowest BCUT2D eigenvalue weighted by Crippen LogP contribution is -2.45. The maximum Gasteiger partial charge on any atom is 0.237 e. The standard InChI is InChI=1S/C25H26Cl2FN2O3P/c26-13-6-9-16-18(11-13)29-23(33)25(16)20(15-2-1-3-17(27)21(15)28)22(30-24(25)34)19(32)10-12-4-7-14(31)8-5-12/h1-3,6,9,11-12,14,20,22,24,30-31H,4-5,7-8,10,34H2,(H,29,33)/t12?,14?,20-,22-,24-,25+/m0/s1. The van der Waals surface area contributed by atoms with Gasteiger partial charge in [-0.1, -0.05) is 41.4 Å². The molecule has 9 heteroatoms. The summed E-state index contributed by atoms with van der Waals surface area (Å²) in [5.41, 5.74) is 0.239. The van der Waals surface area contributed by atoms with Crippen LogP contribution in [0.3, 0.4) is 0 Å². The molecule has 2 aliphatic heterocycles. The van der Waals surface area contributed by atoms with E-state index in [0.717, 1.165) is 12.8 Å². The lowest BCUT2D eigenvalue weighted by Gasteiger charge is -2.34. The Morgan fingerprint density at radius 2 is 1.91 bits per heavy atom. The summed E-state index contributed by atoms with van der Waals surface area (Å²) in [5, 5.41) is 16.5. The normalized spacial score (nSPS) is 32.6. The van der Waals surface area contributed by atoms with E-state index in [1.54, 1.807) is 30.3 Å². The van der Waals surface area contributed by atoms with Gasteiger partial charge in [-0.2, -0.15) is 0 Å². The van der Waals surface area contributed by atoms with Gasteiger partial charge >= 0.3 is 0 Å². The molecule has 5 rings (SSSR count). The largest absolute Gasteiger partial charge is 0.393 e. The van der Waals surface area contributed by atoms with Crippen molar-refractivity contribution in [3.05, 3.63) is 63.4 Å². The summed E-state index contributed by atoms with van der Waals surface area (Å²) < 4.78 is 15.5. The summed E-state index contributed by atoms with van der Waals surface area (Å²) >= 11 is 12.3. The number of rotatable bonds is 4. The van der Waals surface area contributed by atoms with Crippen LogP contribution in [0.2, 0.25) is 10.0 Å². The van der Waals surface area contributed by atoms with Gasteiger partial charge in [0.05, 0.1) is 17.2 Å². The van der Waals surface area contributed by atoms with Gasteiger partial charge in [0.1, 0.15) is 11.2 Å². The first kappa shape index (κ1) is 24.1. The first-order valence-corrected chi connectivity index (χ1v) is 12.9. The molecular weight excluding hydrogens is 497 g/mol. The molecule has 1 saturated heterocycles. The van der Waals surface area contributed by atoms with Gasteiger partial charge in [0.15, 0.2) is 5.78 Å². The quantitative estimate of drug-likeness (QED) is 0.504. The van der Waals surface area contributed by atoms with Crippen LogP contribution in [0.25, 0.3) is 0 Å². The molecule has 3 N–H and O–H groups in total. The minimum Gasteiger partial charge on any atom is -0.393 e. The fraction of sp³-hybridized carbons (Fsp3) is 0.440. The van der Waals surface area contributed by atoms with Crippen molar-refractivity contribution in [2.45, 2.75) is 61.4 Å². The number of carbonyl (C=O) groups is 2. The first-order chi connectivity index (χ1) is 16.2. The van der Waals surface area contributed by atoms with Gasteiger partial charge in [0.25, 0.3) is 0 Å². The molecule has 1 saturated carbocycles. The van der Waals surface area contributed by atoms with Gasteiger partial charge in [0, 0.05) is 28.8 Å². The predicted molar refractivity (Wildman–Crippen MR) is 134 cm³/mol. The summed E-state index contributed by atoms with van der Waals surface area (Å²) in [6, 6.07) is 9.08. The van der Waals surface area contributed by atoms with Gasteiger partial charge in [-0.25, -0.2) is 4.39 Å². The molecule has 1 amide bonds.